The number of carbonyl (C=O) groups is 1. The summed E-state index contributed by atoms with van der Waals surface area (Å²) in [5.74, 6) is 0.256. The molecule has 1 aromatic rings. The molecule has 0 radical (unpaired) electrons. The third-order valence-electron chi connectivity index (χ3n) is 2.55. The summed E-state index contributed by atoms with van der Waals surface area (Å²) < 4.78 is 10.3. The van der Waals surface area contributed by atoms with Crippen LogP contribution >= 0.6 is 11.3 Å². The molecule has 1 aliphatic rings. The van der Waals surface area contributed by atoms with Crippen molar-refractivity contribution < 1.29 is 14.3 Å². The first-order valence-electron chi connectivity index (χ1n) is 5.42. The third kappa shape index (κ3) is 2.41. The lowest BCUT2D eigenvalue weighted by Gasteiger charge is -2.12. The molecule has 5 heteroatoms. The maximum absolute atomic E-state index is 11.3. The van der Waals surface area contributed by atoms with Crippen LogP contribution in [0.4, 0.5) is 0 Å². The Kier molecular flexibility index (Phi) is 3.56. The van der Waals surface area contributed by atoms with E-state index in [4.69, 9.17) is 4.74 Å². The summed E-state index contributed by atoms with van der Waals surface area (Å²) in [6, 6.07) is 0. The Balaban J connectivity index is 2.12. The number of hydrogen-bond donors (Lipinski definition) is 0. The van der Waals surface area contributed by atoms with E-state index in [0.717, 1.165) is 5.01 Å². The summed E-state index contributed by atoms with van der Waals surface area (Å²) in [6.07, 6.45) is 4.02. The molecule has 1 saturated carbocycles. The van der Waals surface area contributed by atoms with E-state index >= 15 is 0 Å². The molecule has 16 heavy (non-hydrogen) atoms. The lowest BCUT2D eigenvalue weighted by atomic mass is 10.2. The second kappa shape index (κ2) is 4.93. The van der Waals surface area contributed by atoms with Crippen molar-refractivity contribution in [3.8, 4) is 0 Å². The first kappa shape index (κ1) is 11.5. The molecule has 0 spiro atoms. The van der Waals surface area contributed by atoms with Gasteiger partial charge in [0.05, 0.1) is 13.3 Å². The van der Waals surface area contributed by atoms with Gasteiger partial charge >= 0.3 is 5.97 Å². The molecule has 1 unspecified atom stereocenters. The first-order valence-corrected chi connectivity index (χ1v) is 6.23. The molecular weight excluding hydrogens is 226 g/mol. The van der Waals surface area contributed by atoms with Crippen LogP contribution in [-0.2, 0) is 9.47 Å². The molecule has 0 amide bonds. The fraction of sp³-hybridized carbons (Fsp3) is 0.636. The van der Waals surface area contributed by atoms with E-state index in [-0.39, 0.29) is 12.1 Å². The van der Waals surface area contributed by atoms with Crippen molar-refractivity contribution in [2.75, 3.05) is 13.7 Å². The standard InChI is InChI=1S/C11H15NO3S/c1-3-15-9(7-4-5-7)10-12-6-8(16-10)11(13)14-2/h6-7,9H,3-5H2,1-2H3. The molecular formula is C11H15NO3S. The van der Waals surface area contributed by atoms with Crippen LogP contribution in [0.25, 0.3) is 0 Å². The largest absolute Gasteiger partial charge is 0.465 e. The summed E-state index contributed by atoms with van der Waals surface area (Å²) in [4.78, 5) is 16.1. The van der Waals surface area contributed by atoms with Gasteiger partial charge in [0, 0.05) is 6.61 Å². The van der Waals surface area contributed by atoms with Gasteiger partial charge in [-0.2, -0.15) is 0 Å². The topological polar surface area (TPSA) is 48.4 Å². The van der Waals surface area contributed by atoms with Crippen molar-refractivity contribution in [1.82, 2.24) is 4.98 Å². The van der Waals surface area contributed by atoms with Crippen LogP contribution in [0, 0.1) is 5.92 Å². The Morgan fingerprint density at radius 3 is 3.00 bits per heavy atom. The van der Waals surface area contributed by atoms with E-state index in [1.54, 1.807) is 6.20 Å². The second-order valence-corrected chi connectivity index (χ2v) is 4.83. The number of nitrogens with zero attached hydrogens (tertiary/aromatic N) is 1. The highest BCUT2D eigenvalue weighted by Gasteiger charge is 2.35. The SMILES string of the molecule is CCOC(c1ncc(C(=O)OC)s1)C1CC1. The summed E-state index contributed by atoms with van der Waals surface area (Å²) in [7, 11) is 1.38. The van der Waals surface area contributed by atoms with Crippen LogP contribution in [0.3, 0.4) is 0 Å². The predicted octanol–water partition coefficient (Wildman–Crippen LogP) is 2.42. The summed E-state index contributed by atoms with van der Waals surface area (Å²) in [6.45, 7) is 2.65. The number of rotatable bonds is 5. The molecule has 1 aliphatic carbocycles. The summed E-state index contributed by atoms with van der Waals surface area (Å²) in [5, 5.41) is 0.893. The zero-order chi connectivity index (χ0) is 11.5. The van der Waals surface area contributed by atoms with E-state index in [0.29, 0.717) is 17.4 Å². The van der Waals surface area contributed by atoms with Gasteiger partial charge < -0.3 is 9.47 Å². The summed E-state index contributed by atoms with van der Waals surface area (Å²) in [5.41, 5.74) is 0. The van der Waals surface area contributed by atoms with Crippen LogP contribution < -0.4 is 0 Å². The third-order valence-corrected chi connectivity index (χ3v) is 3.59. The number of ether oxygens (including phenoxy) is 2. The highest BCUT2D eigenvalue weighted by Crippen LogP contribution is 2.44. The zero-order valence-electron chi connectivity index (χ0n) is 9.43. The maximum atomic E-state index is 11.3. The Morgan fingerprint density at radius 2 is 2.44 bits per heavy atom. The quantitative estimate of drug-likeness (QED) is 0.743. The smallest absolute Gasteiger partial charge is 0.349 e. The molecule has 1 aromatic heterocycles. The van der Waals surface area contributed by atoms with Crippen LogP contribution in [0.15, 0.2) is 6.20 Å². The molecule has 1 atom stereocenters. The zero-order valence-corrected chi connectivity index (χ0v) is 10.3. The Morgan fingerprint density at radius 1 is 1.69 bits per heavy atom. The lowest BCUT2D eigenvalue weighted by molar-refractivity contribution is 0.0462. The van der Waals surface area contributed by atoms with Gasteiger partial charge in [-0.25, -0.2) is 9.78 Å². The lowest BCUT2D eigenvalue weighted by Crippen LogP contribution is -2.05. The van der Waals surface area contributed by atoms with Crippen LogP contribution in [0.5, 0.6) is 0 Å². The van der Waals surface area contributed by atoms with Crippen molar-refractivity contribution in [2.45, 2.75) is 25.9 Å². The second-order valence-electron chi connectivity index (χ2n) is 3.77. The van der Waals surface area contributed by atoms with E-state index in [1.807, 2.05) is 6.92 Å². The van der Waals surface area contributed by atoms with Crippen LogP contribution in [0.2, 0.25) is 0 Å². The Hall–Kier alpha value is -0.940. The van der Waals surface area contributed by atoms with Gasteiger partial charge in [-0.3, -0.25) is 0 Å². The molecule has 1 heterocycles. The Bertz CT molecular complexity index is 373. The van der Waals surface area contributed by atoms with E-state index in [1.165, 1.54) is 31.3 Å². The fourth-order valence-corrected chi connectivity index (χ4v) is 2.58. The maximum Gasteiger partial charge on any atom is 0.349 e. The average molecular weight is 241 g/mol. The molecule has 88 valence electrons. The van der Waals surface area contributed by atoms with Gasteiger partial charge in [0.1, 0.15) is 16.0 Å². The van der Waals surface area contributed by atoms with Crippen molar-refractivity contribution in [3.05, 3.63) is 16.1 Å². The van der Waals surface area contributed by atoms with Gasteiger partial charge in [0.25, 0.3) is 0 Å². The number of esters is 1. The number of thiazole rings is 1. The van der Waals surface area contributed by atoms with Crippen molar-refractivity contribution >= 4 is 17.3 Å². The predicted molar refractivity (Wildman–Crippen MR) is 60.5 cm³/mol. The molecule has 4 nitrogen and oxygen atoms in total. The van der Waals surface area contributed by atoms with Gasteiger partial charge in [0.2, 0.25) is 0 Å². The van der Waals surface area contributed by atoms with Crippen LogP contribution in [-0.4, -0.2) is 24.7 Å². The number of methoxy groups -OCH3 is 1. The fourth-order valence-electron chi connectivity index (χ4n) is 1.60. The average Bonchev–Trinajstić information content (AvgIpc) is 3.02. The van der Waals surface area contributed by atoms with Gasteiger partial charge in [-0.05, 0) is 25.7 Å². The minimum Gasteiger partial charge on any atom is -0.465 e. The number of carbonyl (C=O) groups excluding carboxylic acids is 1. The highest BCUT2D eigenvalue weighted by atomic mass is 32.1. The molecule has 1 fully saturated rings. The Labute approximate surface area is 98.6 Å². The molecule has 2 rings (SSSR count). The van der Waals surface area contributed by atoms with Crippen molar-refractivity contribution in [1.29, 1.82) is 0 Å². The minimum absolute atomic E-state index is 0.0633. The number of hydrogen-bond acceptors (Lipinski definition) is 5. The van der Waals surface area contributed by atoms with Crippen molar-refractivity contribution in [2.24, 2.45) is 5.92 Å². The summed E-state index contributed by atoms with van der Waals surface area (Å²) >= 11 is 1.37. The number of aromatic nitrogens is 1. The normalized spacial score (nSPS) is 17.1. The van der Waals surface area contributed by atoms with E-state index < -0.39 is 0 Å². The molecule has 0 aromatic carbocycles. The molecule has 0 saturated heterocycles. The monoisotopic (exact) mass is 241 g/mol. The van der Waals surface area contributed by atoms with Crippen molar-refractivity contribution in [3.63, 3.8) is 0 Å². The molecule has 0 N–H and O–H groups in total. The minimum atomic E-state index is -0.324. The van der Waals surface area contributed by atoms with E-state index in [2.05, 4.69) is 9.72 Å². The first-order chi connectivity index (χ1) is 7.76. The van der Waals surface area contributed by atoms with E-state index in [9.17, 15) is 4.79 Å². The molecule has 0 aliphatic heterocycles. The highest BCUT2D eigenvalue weighted by molar-refractivity contribution is 7.13. The van der Waals surface area contributed by atoms with Gasteiger partial charge in [-0.1, -0.05) is 0 Å². The molecule has 0 bridgehead atoms. The van der Waals surface area contributed by atoms with Gasteiger partial charge in [-0.15, -0.1) is 11.3 Å². The van der Waals surface area contributed by atoms with Crippen LogP contribution in [0.1, 0.15) is 40.5 Å². The van der Waals surface area contributed by atoms with Gasteiger partial charge in [0.15, 0.2) is 0 Å².